The maximum Gasteiger partial charge on any atom is 0.323 e. The minimum atomic E-state index is -0.103. The molecular weight excluding hydrogens is 410 g/mol. The lowest BCUT2D eigenvalue weighted by Crippen LogP contribution is -2.49. The van der Waals surface area contributed by atoms with Gasteiger partial charge in [-0.05, 0) is 36.7 Å². The van der Waals surface area contributed by atoms with E-state index in [1.807, 2.05) is 35.2 Å². The summed E-state index contributed by atoms with van der Waals surface area (Å²) in [5.74, 6) is 0.460. The summed E-state index contributed by atoms with van der Waals surface area (Å²) in [5, 5.41) is 3.56. The molecule has 1 aliphatic heterocycles. The number of thiazole rings is 1. The molecule has 1 aliphatic carbocycles. The zero-order chi connectivity index (χ0) is 21.4. The van der Waals surface area contributed by atoms with E-state index in [0.717, 1.165) is 48.2 Å². The molecule has 8 heteroatoms. The number of hydrogen-bond acceptors (Lipinski definition) is 6. The number of pyridine rings is 1. The van der Waals surface area contributed by atoms with E-state index in [1.54, 1.807) is 13.3 Å². The molecule has 1 atom stereocenters. The molecule has 31 heavy (non-hydrogen) atoms. The largest absolute Gasteiger partial charge is 0.479 e. The SMILES string of the molecule is COc1ncc(-c2ccccc2)c2sc(NC(=O)N3CCC4(CCC[C@H]4N)CC3)nc12. The van der Waals surface area contributed by atoms with Crippen LogP contribution in [-0.4, -0.2) is 47.1 Å². The number of urea groups is 1. The molecule has 7 nitrogen and oxygen atoms in total. The molecule has 2 aliphatic rings. The third-order valence-corrected chi connectivity index (χ3v) is 7.90. The van der Waals surface area contributed by atoms with Crippen LogP contribution in [-0.2, 0) is 0 Å². The Balaban J connectivity index is 1.37. The van der Waals surface area contributed by atoms with Gasteiger partial charge in [0.05, 0.1) is 11.8 Å². The van der Waals surface area contributed by atoms with E-state index in [2.05, 4.69) is 15.3 Å². The summed E-state index contributed by atoms with van der Waals surface area (Å²) in [7, 11) is 1.58. The molecule has 0 unspecified atom stereocenters. The standard InChI is InChI=1S/C23H27N5O2S/c1-30-20-18-19(16(14-25-20)15-6-3-2-4-7-15)31-21(26-18)27-22(29)28-12-10-23(11-13-28)9-5-8-17(23)24/h2-4,6-7,14,17H,5,8-13,24H2,1H3,(H,26,27,29)/t17-/m1/s1. The number of rotatable bonds is 3. The first-order valence-corrected chi connectivity index (χ1v) is 11.6. The number of anilines is 1. The second kappa shape index (κ2) is 8.09. The Morgan fingerprint density at radius 1 is 1.26 bits per heavy atom. The maximum atomic E-state index is 12.9. The molecule has 162 valence electrons. The van der Waals surface area contributed by atoms with Crippen LogP contribution >= 0.6 is 11.3 Å². The van der Waals surface area contributed by atoms with Gasteiger partial charge in [0.15, 0.2) is 5.13 Å². The van der Waals surface area contributed by atoms with Gasteiger partial charge in [-0.1, -0.05) is 48.1 Å². The number of hydrogen-bond donors (Lipinski definition) is 2. The lowest BCUT2D eigenvalue weighted by Gasteiger charge is -2.41. The number of aromatic nitrogens is 2. The zero-order valence-corrected chi connectivity index (χ0v) is 18.5. The van der Waals surface area contributed by atoms with Gasteiger partial charge in [-0.25, -0.2) is 14.8 Å². The molecule has 2 fully saturated rings. The Bertz CT molecular complexity index is 1090. The van der Waals surface area contributed by atoms with Crippen molar-refractivity contribution in [1.29, 1.82) is 0 Å². The van der Waals surface area contributed by atoms with Crippen LogP contribution in [0.15, 0.2) is 36.5 Å². The van der Waals surface area contributed by atoms with Gasteiger partial charge in [0, 0.05) is 30.9 Å². The van der Waals surface area contributed by atoms with Gasteiger partial charge < -0.3 is 15.4 Å². The van der Waals surface area contributed by atoms with E-state index >= 15 is 0 Å². The van der Waals surface area contributed by atoms with Crippen molar-refractivity contribution in [2.45, 2.75) is 38.1 Å². The molecule has 2 aromatic heterocycles. The van der Waals surface area contributed by atoms with Crippen LogP contribution in [0.25, 0.3) is 21.3 Å². The second-order valence-electron chi connectivity index (χ2n) is 8.52. The molecule has 0 radical (unpaired) electrons. The fourth-order valence-corrected chi connectivity index (χ4v) is 6.01. The number of likely N-dealkylation sites (tertiary alicyclic amines) is 1. The highest BCUT2D eigenvalue weighted by Crippen LogP contribution is 2.45. The van der Waals surface area contributed by atoms with E-state index in [1.165, 1.54) is 24.2 Å². The molecule has 1 saturated heterocycles. The van der Waals surface area contributed by atoms with Crippen LogP contribution in [0, 0.1) is 5.41 Å². The Morgan fingerprint density at radius 2 is 2.03 bits per heavy atom. The van der Waals surface area contributed by atoms with Crippen molar-refractivity contribution in [3.8, 4) is 17.0 Å². The van der Waals surface area contributed by atoms with Gasteiger partial charge in [-0.3, -0.25) is 5.32 Å². The molecule has 2 amide bonds. The Kier molecular flexibility index (Phi) is 5.27. The fraction of sp³-hybridized carbons (Fsp3) is 0.435. The summed E-state index contributed by atoms with van der Waals surface area (Å²) in [6, 6.07) is 10.2. The van der Waals surface area contributed by atoms with E-state index < -0.39 is 0 Å². The number of nitrogens with one attached hydrogen (secondary N) is 1. The number of nitrogens with zero attached hydrogens (tertiary/aromatic N) is 3. The minimum Gasteiger partial charge on any atom is -0.479 e. The number of carbonyl (C=O) groups is 1. The van der Waals surface area contributed by atoms with Crippen molar-refractivity contribution in [3.05, 3.63) is 36.5 Å². The average molecular weight is 438 g/mol. The van der Waals surface area contributed by atoms with Crippen LogP contribution in [0.2, 0.25) is 0 Å². The Labute approximate surface area is 185 Å². The molecule has 3 aromatic rings. The van der Waals surface area contributed by atoms with Gasteiger partial charge in [0.25, 0.3) is 0 Å². The molecule has 1 aromatic carbocycles. The second-order valence-corrected chi connectivity index (χ2v) is 9.52. The van der Waals surface area contributed by atoms with Gasteiger partial charge in [-0.2, -0.15) is 0 Å². The molecule has 0 bridgehead atoms. The number of methoxy groups -OCH3 is 1. The lowest BCUT2D eigenvalue weighted by atomic mass is 9.74. The summed E-state index contributed by atoms with van der Waals surface area (Å²) < 4.78 is 6.36. The first-order valence-electron chi connectivity index (χ1n) is 10.8. The van der Waals surface area contributed by atoms with Gasteiger partial charge >= 0.3 is 6.03 Å². The third-order valence-electron chi connectivity index (χ3n) is 6.90. The van der Waals surface area contributed by atoms with Crippen LogP contribution in [0.4, 0.5) is 9.93 Å². The topological polar surface area (TPSA) is 93.4 Å². The molecule has 3 N–H and O–H groups in total. The van der Waals surface area contributed by atoms with Crippen molar-refractivity contribution >= 4 is 32.7 Å². The summed E-state index contributed by atoms with van der Waals surface area (Å²) in [6.45, 7) is 1.48. The number of piperidine rings is 1. The fourth-order valence-electron chi connectivity index (χ4n) is 5.03. The molecule has 3 heterocycles. The van der Waals surface area contributed by atoms with E-state index in [4.69, 9.17) is 10.5 Å². The number of ether oxygens (including phenoxy) is 1. The van der Waals surface area contributed by atoms with Crippen molar-refractivity contribution in [1.82, 2.24) is 14.9 Å². The Hall–Kier alpha value is -2.71. The van der Waals surface area contributed by atoms with E-state index in [-0.39, 0.29) is 17.5 Å². The van der Waals surface area contributed by atoms with Crippen molar-refractivity contribution in [3.63, 3.8) is 0 Å². The number of amides is 2. The normalized spacial score (nSPS) is 20.3. The monoisotopic (exact) mass is 437 g/mol. The van der Waals surface area contributed by atoms with Gasteiger partial charge in [-0.15, -0.1) is 0 Å². The lowest BCUT2D eigenvalue weighted by molar-refractivity contribution is 0.114. The smallest absolute Gasteiger partial charge is 0.323 e. The molecule has 1 spiro atoms. The number of carbonyl (C=O) groups excluding carboxylic acids is 1. The molecule has 1 saturated carbocycles. The van der Waals surface area contributed by atoms with E-state index in [0.29, 0.717) is 16.5 Å². The summed E-state index contributed by atoms with van der Waals surface area (Å²) in [4.78, 5) is 23.9. The molecule has 5 rings (SSSR count). The van der Waals surface area contributed by atoms with Gasteiger partial charge in [0.2, 0.25) is 5.88 Å². The van der Waals surface area contributed by atoms with Crippen LogP contribution < -0.4 is 15.8 Å². The third kappa shape index (κ3) is 3.64. The van der Waals surface area contributed by atoms with Gasteiger partial charge in [0.1, 0.15) is 5.52 Å². The summed E-state index contributed by atoms with van der Waals surface area (Å²) >= 11 is 1.45. The highest BCUT2D eigenvalue weighted by atomic mass is 32.1. The predicted octanol–water partition coefficient (Wildman–Crippen LogP) is 4.49. The quantitative estimate of drug-likeness (QED) is 0.630. The van der Waals surface area contributed by atoms with Crippen LogP contribution in [0.5, 0.6) is 5.88 Å². The first kappa shape index (κ1) is 20.2. The van der Waals surface area contributed by atoms with Crippen molar-refractivity contribution in [2.24, 2.45) is 11.1 Å². The van der Waals surface area contributed by atoms with Crippen LogP contribution in [0.1, 0.15) is 32.1 Å². The van der Waals surface area contributed by atoms with Crippen molar-refractivity contribution in [2.75, 3.05) is 25.5 Å². The molecular formula is C23H27N5O2S. The highest BCUT2D eigenvalue weighted by Gasteiger charge is 2.43. The van der Waals surface area contributed by atoms with Crippen LogP contribution in [0.3, 0.4) is 0 Å². The zero-order valence-electron chi connectivity index (χ0n) is 17.6. The van der Waals surface area contributed by atoms with Crippen molar-refractivity contribution < 1.29 is 9.53 Å². The highest BCUT2D eigenvalue weighted by molar-refractivity contribution is 7.23. The summed E-state index contributed by atoms with van der Waals surface area (Å²) in [5.41, 5.74) is 9.31. The predicted molar refractivity (Wildman–Crippen MR) is 123 cm³/mol. The Morgan fingerprint density at radius 3 is 2.71 bits per heavy atom. The number of fused-ring (bicyclic) bond motifs is 1. The van der Waals surface area contributed by atoms with E-state index in [9.17, 15) is 4.79 Å². The number of nitrogens with two attached hydrogens (primary N) is 1. The summed E-state index contributed by atoms with van der Waals surface area (Å²) in [6.07, 6.45) is 7.27. The maximum absolute atomic E-state index is 12.9. The average Bonchev–Trinajstić information content (AvgIpc) is 3.37. The number of benzene rings is 1. The minimum absolute atomic E-state index is 0.103. The first-order chi connectivity index (χ1) is 15.1.